The second-order valence-electron chi connectivity index (χ2n) is 7.71. The topological polar surface area (TPSA) is 66.0 Å². The highest BCUT2D eigenvalue weighted by Crippen LogP contribution is 2.19. The van der Waals surface area contributed by atoms with Gasteiger partial charge in [0.1, 0.15) is 0 Å². The first-order valence-electron chi connectivity index (χ1n) is 10.3. The molecule has 2 heterocycles. The standard InChI is InChI=1S/C21H31N5OS/c1-16-7-5-9-18(15-16)20-23-24-21(28)26(20)14-10-19(27)22-11-6-13-25-12-4-3-8-17(25)2/h5,7,9,15,17H,3-4,6,8,10-14H2,1-2H3,(H,22,27)(H,24,28). The lowest BCUT2D eigenvalue weighted by Crippen LogP contribution is -2.39. The number of aryl methyl sites for hydroxylation is 1. The molecule has 1 aromatic heterocycles. The van der Waals surface area contributed by atoms with Gasteiger partial charge in [-0.05, 0) is 57.9 Å². The average Bonchev–Trinajstić information content (AvgIpc) is 3.05. The number of carbonyl (C=O) groups is 1. The predicted molar refractivity (Wildman–Crippen MR) is 115 cm³/mol. The molecule has 0 aliphatic carbocycles. The van der Waals surface area contributed by atoms with E-state index in [2.05, 4.69) is 33.4 Å². The fraction of sp³-hybridized carbons (Fsp3) is 0.571. The molecule has 1 aromatic carbocycles. The maximum Gasteiger partial charge on any atom is 0.221 e. The van der Waals surface area contributed by atoms with Crippen LogP contribution in [0.1, 0.15) is 44.6 Å². The molecule has 0 saturated carbocycles. The van der Waals surface area contributed by atoms with Crippen molar-refractivity contribution < 1.29 is 4.79 Å². The number of aromatic amines is 1. The van der Waals surface area contributed by atoms with Gasteiger partial charge in [0.05, 0.1) is 0 Å². The lowest BCUT2D eigenvalue weighted by Gasteiger charge is -2.33. The van der Waals surface area contributed by atoms with Crippen molar-refractivity contribution in [1.82, 2.24) is 25.0 Å². The van der Waals surface area contributed by atoms with Crippen molar-refractivity contribution in [2.24, 2.45) is 0 Å². The average molecular weight is 402 g/mol. The number of aromatic nitrogens is 3. The zero-order valence-corrected chi connectivity index (χ0v) is 17.7. The lowest BCUT2D eigenvalue weighted by molar-refractivity contribution is -0.121. The number of hydrogen-bond acceptors (Lipinski definition) is 4. The van der Waals surface area contributed by atoms with Gasteiger partial charge in [-0.1, -0.05) is 30.2 Å². The summed E-state index contributed by atoms with van der Waals surface area (Å²) in [5, 5.41) is 10.2. The van der Waals surface area contributed by atoms with Gasteiger partial charge in [0.15, 0.2) is 10.6 Å². The van der Waals surface area contributed by atoms with Crippen molar-refractivity contribution in [3.8, 4) is 11.4 Å². The molecular weight excluding hydrogens is 370 g/mol. The Morgan fingerprint density at radius 1 is 1.36 bits per heavy atom. The zero-order valence-electron chi connectivity index (χ0n) is 16.9. The van der Waals surface area contributed by atoms with Gasteiger partial charge in [0, 0.05) is 37.7 Å². The van der Waals surface area contributed by atoms with E-state index >= 15 is 0 Å². The molecule has 1 amide bonds. The van der Waals surface area contributed by atoms with Gasteiger partial charge in [-0.25, -0.2) is 0 Å². The van der Waals surface area contributed by atoms with E-state index in [1.165, 1.54) is 31.4 Å². The Bertz CT molecular complexity index is 843. The van der Waals surface area contributed by atoms with Crippen molar-refractivity contribution in [1.29, 1.82) is 0 Å². The predicted octanol–water partition coefficient (Wildman–Crippen LogP) is 3.69. The van der Waals surface area contributed by atoms with Gasteiger partial charge in [-0.15, -0.1) is 0 Å². The number of likely N-dealkylation sites (tertiary alicyclic amines) is 1. The molecule has 152 valence electrons. The fourth-order valence-corrected chi connectivity index (χ4v) is 4.05. The third kappa shape index (κ3) is 5.52. The first kappa shape index (κ1) is 20.7. The van der Waals surface area contributed by atoms with Crippen molar-refractivity contribution in [2.75, 3.05) is 19.6 Å². The molecule has 1 fully saturated rings. The van der Waals surface area contributed by atoms with Gasteiger partial charge in [-0.3, -0.25) is 14.5 Å². The van der Waals surface area contributed by atoms with Crippen LogP contribution in [0.3, 0.4) is 0 Å². The van der Waals surface area contributed by atoms with Crippen molar-refractivity contribution >= 4 is 18.1 Å². The summed E-state index contributed by atoms with van der Waals surface area (Å²) >= 11 is 5.35. The van der Waals surface area contributed by atoms with E-state index in [1.54, 1.807) is 0 Å². The highest BCUT2D eigenvalue weighted by atomic mass is 32.1. The zero-order chi connectivity index (χ0) is 19.9. The molecule has 1 aliphatic rings. The highest BCUT2D eigenvalue weighted by molar-refractivity contribution is 7.71. The molecule has 1 saturated heterocycles. The van der Waals surface area contributed by atoms with Gasteiger partial charge in [-0.2, -0.15) is 5.10 Å². The summed E-state index contributed by atoms with van der Waals surface area (Å²) in [5.74, 6) is 0.838. The lowest BCUT2D eigenvalue weighted by atomic mass is 10.0. The summed E-state index contributed by atoms with van der Waals surface area (Å²) in [6.45, 7) is 7.85. The maximum atomic E-state index is 12.3. The summed E-state index contributed by atoms with van der Waals surface area (Å²) in [5.41, 5.74) is 2.17. The molecule has 2 aromatic rings. The van der Waals surface area contributed by atoms with Crippen LogP contribution in [0.15, 0.2) is 24.3 Å². The van der Waals surface area contributed by atoms with E-state index in [9.17, 15) is 4.79 Å². The quantitative estimate of drug-likeness (QED) is 0.523. The van der Waals surface area contributed by atoms with E-state index < -0.39 is 0 Å². The van der Waals surface area contributed by atoms with Crippen LogP contribution in [0.2, 0.25) is 0 Å². The Hall–Kier alpha value is -1.99. The smallest absolute Gasteiger partial charge is 0.221 e. The SMILES string of the molecule is Cc1cccc(-c2n[nH]c(=S)n2CCC(=O)NCCCN2CCCCC2C)c1. The summed E-state index contributed by atoms with van der Waals surface area (Å²) in [4.78, 5) is 14.8. The van der Waals surface area contributed by atoms with Crippen LogP contribution < -0.4 is 5.32 Å². The molecule has 0 bridgehead atoms. The Kier molecular flexibility index (Phi) is 7.39. The second kappa shape index (κ2) is 9.98. The van der Waals surface area contributed by atoms with Crippen molar-refractivity contribution in [3.05, 3.63) is 34.6 Å². The minimum Gasteiger partial charge on any atom is -0.356 e. The van der Waals surface area contributed by atoms with E-state index in [1.807, 2.05) is 29.7 Å². The molecule has 1 aliphatic heterocycles. The molecular formula is C21H31N5OS. The van der Waals surface area contributed by atoms with E-state index in [-0.39, 0.29) is 5.91 Å². The van der Waals surface area contributed by atoms with Crippen molar-refractivity contribution in [2.45, 2.75) is 58.5 Å². The van der Waals surface area contributed by atoms with E-state index in [0.717, 1.165) is 30.9 Å². The molecule has 1 atom stereocenters. The number of nitrogens with zero attached hydrogens (tertiary/aromatic N) is 3. The van der Waals surface area contributed by atoms with Crippen LogP contribution in [-0.2, 0) is 11.3 Å². The van der Waals surface area contributed by atoms with Crippen LogP contribution in [0.5, 0.6) is 0 Å². The van der Waals surface area contributed by atoms with Crippen LogP contribution in [-0.4, -0.2) is 51.2 Å². The molecule has 2 N–H and O–H groups in total. The molecule has 0 radical (unpaired) electrons. The third-order valence-electron chi connectivity index (χ3n) is 5.48. The minimum absolute atomic E-state index is 0.0602. The molecule has 3 rings (SSSR count). The van der Waals surface area contributed by atoms with E-state index in [4.69, 9.17) is 12.2 Å². The summed E-state index contributed by atoms with van der Waals surface area (Å²) in [7, 11) is 0. The number of nitrogens with one attached hydrogen (secondary N) is 2. The third-order valence-corrected chi connectivity index (χ3v) is 5.79. The van der Waals surface area contributed by atoms with Gasteiger partial charge in [0.25, 0.3) is 0 Å². The number of hydrogen-bond donors (Lipinski definition) is 2. The Morgan fingerprint density at radius 3 is 3.00 bits per heavy atom. The summed E-state index contributed by atoms with van der Waals surface area (Å²) in [6.07, 6.45) is 5.32. The Morgan fingerprint density at radius 2 is 2.21 bits per heavy atom. The highest BCUT2D eigenvalue weighted by Gasteiger charge is 2.17. The fourth-order valence-electron chi connectivity index (χ4n) is 3.83. The second-order valence-corrected chi connectivity index (χ2v) is 8.09. The van der Waals surface area contributed by atoms with Gasteiger partial charge in [0.2, 0.25) is 5.91 Å². The van der Waals surface area contributed by atoms with Crippen molar-refractivity contribution in [3.63, 3.8) is 0 Å². The molecule has 28 heavy (non-hydrogen) atoms. The Labute approximate surface area is 172 Å². The number of amides is 1. The Balaban J connectivity index is 1.46. The molecule has 6 nitrogen and oxygen atoms in total. The van der Waals surface area contributed by atoms with Crippen LogP contribution >= 0.6 is 12.2 Å². The number of piperidine rings is 1. The monoisotopic (exact) mass is 401 g/mol. The largest absolute Gasteiger partial charge is 0.356 e. The van der Waals surface area contributed by atoms with Crippen LogP contribution in [0.25, 0.3) is 11.4 Å². The number of benzene rings is 1. The van der Waals surface area contributed by atoms with Gasteiger partial charge < -0.3 is 10.2 Å². The number of carbonyl (C=O) groups excluding carboxylic acids is 1. The first-order chi connectivity index (χ1) is 13.5. The van der Waals surface area contributed by atoms with E-state index in [0.29, 0.717) is 23.8 Å². The van der Waals surface area contributed by atoms with Crippen LogP contribution in [0, 0.1) is 11.7 Å². The van der Waals surface area contributed by atoms with Crippen LogP contribution in [0.4, 0.5) is 0 Å². The summed E-state index contributed by atoms with van der Waals surface area (Å²) in [6, 6.07) is 8.81. The maximum absolute atomic E-state index is 12.3. The molecule has 1 unspecified atom stereocenters. The minimum atomic E-state index is 0.0602. The first-order valence-corrected chi connectivity index (χ1v) is 10.7. The molecule has 0 spiro atoms. The van der Waals surface area contributed by atoms with Gasteiger partial charge >= 0.3 is 0 Å². The molecule has 7 heteroatoms. The number of rotatable bonds is 8. The number of H-pyrrole nitrogens is 1. The normalized spacial score (nSPS) is 17.6. The summed E-state index contributed by atoms with van der Waals surface area (Å²) < 4.78 is 2.45.